The molecule has 0 radical (unpaired) electrons. The normalized spacial score (nSPS) is 10.6. The van der Waals surface area contributed by atoms with E-state index in [1.54, 1.807) is 36.7 Å². The van der Waals surface area contributed by atoms with Gasteiger partial charge in [-0.1, -0.05) is 11.6 Å². The third-order valence-corrected chi connectivity index (χ3v) is 4.33. The highest BCUT2D eigenvalue weighted by molar-refractivity contribution is 7.20. The molecule has 0 unspecified atom stereocenters. The van der Waals surface area contributed by atoms with E-state index < -0.39 is 0 Å². The maximum atomic E-state index is 11.9. The number of amides is 1. The van der Waals surface area contributed by atoms with Gasteiger partial charge < -0.3 is 10.1 Å². The van der Waals surface area contributed by atoms with E-state index in [4.69, 9.17) is 16.3 Å². The smallest absolute Gasteiger partial charge is 0.261 e. The van der Waals surface area contributed by atoms with E-state index in [9.17, 15) is 4.79 Å². The van der Waals surface area contributed by atoms with Crippen molar-refractivity contribution in [2.75, 3.05) is 6.54 Å². The second-order valence-corrected chi connectivity index (χ2v) is 6.10. The Hall–Kier alpha value is -2.11. The quantitative estimate of drug-likeness (QED) is 0.765. The second kappa shape index (κ2) is 6.34. The van der Waals surface area contributed by atoms with Crippen LogP contribution in [0.3, 0.4) is 0 Å². The van der Waals surface area contributed by atoms with Crippen molar-refractivity contribution in [1.82, 2.24) is 10.3 Å². The number of hydrogen-bond donors (Lipinski definition) is 1. The summed E-state index contributed by atoms with van der Waals surface area (Å²) in [6.07, 6.45) is 3.38. The number of fused-ring (bicyclic) bond motifs is 1. The largest absolute Gasteiger partial charge is 0.455 e. The first-order chi connectivity index (χ1) is 10.7. The first-order valence-electron chi connectivity index (χ1n) is 6.76. The van der Waals surface area contributed by atoms with Gasteiger partial charge in [0.1, 0.15) is 5.75 Å². The van der Waals surface area contributed by atoms with Gasteiger partial charge in [-0.2, -0.15) is 0 Å². The van der Waals surface area contributed by atoms with Crippen LogP contribution in [0.5, 0.6) is 11.5 Å². The van der Waals surface area contributed by atoms with Crippen LogP contribution in [0, 0.1) is 0 Å². The fraction of sp³-hybridized carbons (Fsp3) is 0.125. The SMILES string of the molecule is CCNC(=O)c1cc2c(Oc3ccc(Cl)cc3)cncc2s1. The summed E-state index contributed by atoms with van der Waals surface area (Å²) in [5.74, 6) is 1.21. The molecule has 2 heterocycles. The van der Waals surface area contributed by atoms with Crippen LogP contribution in [0.15, 0.2) is 42.7 Å². The third-order valence-electron chi connectivity index (χ3n) is 3.01. The topological polar surface area (TPSA) is 51.2 Å². The fourth-order valence-corrected chi connectivity index (χ4v) is 3.09. The fourth-order valence-electron chi connectivity index (χ4n) is 2.01. The predicted molar refractivity (Wildman–Crippen MR) is 89.2 cm³/mol. The summed E-state index contributed by atoms with van der Waals surface area (Å²) in [6.45, 7) is 2.49. The van der Waals surface area contributed by atoms with Gasteiger partial charge in [0.2, 0.25) is 0 Å². The molecule has 112 valence electrons. The molecule has 0 aliphatic heterocycles. The standard InChI is InChI=1S/C16H13ClN2O2S/c1-2-19-16(20)14-7-12-13(8-18-9-15(12)22-14)21-11-5-3-10(17)4-6-11/h3-9H,2H2,1H3,(H,19,20). The van der Waals surface area contributed by atoms with Crippen molar-refractivity contribution < 1.29 is 9.53 Å². The highest BCUT2D eigenvalue weighted by Crippen LogP contribution is 2.34. The lowest BCUT2D eigenvalue weighted by atomic mass is 10.2. The average Bonchev–Trinajstić information content (AvgIpc) is 2.95. The summed E-state index contributed by atoms with van der Waals surface area (Å²) < 4.78 is 6.76. The molecule has 1 amide bonds. The number of nitrogens with zero attached hydrogens (tertiary/aromatic N) is 1. The van der Waals surface area contributed by atoms with Crippen molar-refractivity contribution >= 4 is 38.9 Å². The number of nitrogens with one attached hydrogen (secondary N) is 1. The van der Waals surface area contributed by atoms with E-state index in [0.717, 1.165) is 10.1 Å². The number of benzene rings is 1. The maximum Gasteiger partial charge on any atom is 0.261 e. The van der Waals surface area contributed by atoms with Crippen LogP contribution in [0.25, 0.3) is 10.1 Å². The van der Waals surface area contributed by atoms with Gasteiger partial charge >= 0.3 is 0 Å². The molecule has 3 rings (SSSR count). The number of carbonyl (C=O) groups is 1. The Kier molecular flexibility index (Phi) is 4.27. The van der Waals surface area contributed by atoms with Gasteiger partial charge in [-0.15, -0.1) is 11.3 Å². The second-order valence-electron chi connectivity index (χ2n) is 4.58. The molecule has 0 spiro atoms. The summed E-state index contributed by atoms with van der Waals surface area (Å²) in [5.41, 5.74) is 0. The zero-order chi connectivity index (χ0) is 15.5. The molecule has 1 N–H and O–H groups in total. The lowest BCUT2D eigenvalue weighted by molar-refractivity contribution is 0.0960. The van der Waals surface area contributed by atoms with Crippen molar-refractivity contribution in [2.24, 2.45) is 0 Å². The van der Waals surface area contributed by atoms with Gasteiger partial charge in [0.05, 0.1) is 15.8 Å². The van der Waals surface area contributed by atoms with Crippen molar-refractivity contribution in [3.8, 4) is 11.5 Å². The van der Waals surface area contributed by atoms with E-state index in [0.29, 0.717) is 27.9 Å². The first-order valence-corrected chi connectivity index (χ1v) is 7.96. The van der Waals surface area contributed by atoms with Crippen LogP contribution in [-0.2, 0) is 0 Å². The number of ether oxygens (including phenoxy) is 1. The summed E-state index contributed by atoms with van der Waals surface area (Å²) >= 11 is 7.26. The maximum absolute atomic E-state index is 11.9. The molecule has 6 heteroatoms. The highest BCUT2D eigenvalue weighted by Gasteiger charge is 2.13. The van der Waals surface area contributed by atoms with Crippen LogP contribution < -0.4 is 10.1 Å². The van der Waals surface area contributed by atoms with Crippen molar-refractivity contribution in [1.29, 1.82) is 0 Å². The average molecular weight is 333 g/mol. The molecule has 1 aromatic carbocycles. The minimum absolute atomic E-state index is 0.0823. The Morgan fingerprint density at radius 2 is 2.09 bits per heavy atom. The van der Waals surface area contributed by atoms with Gasteiger partial charge in [0, 0.05) is 23.2 Å². The molecule has 0 saturated heterocycles. The Morgan fingerprint density at radius 1 is 1.32 bits per heavy atom. The molecule has 0 fully saturated rings. The lowest BCUT2D eigenvalue weighted by Gasteiger charge is -2.06. The van der Waals surface area contributed by atoms with Gasteiger partial charge in [-0.3, -0.25) is 9.78 Å². The molecular weight excluding hydrogens is 320 g/mol. The van der Waals surface area contributed by atoms with Crippen LogP contribution in [0.1, 0.15) is 16.6 Å². The molecule has 0 bridgehead atoms. The number of halogens is 1. The summed E-state index contributed by atoms with van der Waals surface area (Å²) in [4.78, 5) is 16.8. The summed E-state index contributed by atoms with van der Waals surface area (Å²) in [5, 5.41) is 4.32. The zero-order valence-electron chi connectivity index (χ0n) is 11.8. The Labute approximate surface area is 136 Å². The molecule has 0 saturated carbocycles. The van der Waals surface area contributed by atoms with Crippen LogP contribution in [0.4, 0.5) is 0 Å². The monoisotopic (exact) mass is 332 g/mol. The molecule has 3 aromatic rings. The first kappa shape index (κ1) is 14.8. The molecule has 4 nitrogen and oxygen atoms in total. The molecule has 0 aliphatic carbocycles. The van der Waals surface area contributed by atoms with Gasteiger partial charge in [-0.25, -0.2) is 0 Å². The Bertz CT molecular complexity index is 815. The van der Waals surface area contributed by atoms with E-state index in [1.807, 2.05) is 13.0 Å². The number of aromatic nitrogens is 1. The molecular formula is C16H13ClN2O2S. The number of pyridine rings is 1. The molecule has 22 heavy (non-hydrogen) atoms. The third kappa shape index (κ3) is 3.05. The zero-order valence-corrected chi connectivity index (χ0v) is 13.4. The molecule has 2 aromatic heterocycles. The van der Waals surface area contributed by atoms with Crippen molar-refractivity contribution in [3.05, 3.63) is 52.6 Å². The van der Waals surface area contributed by atoms with E-state index in [2.05, 4.69) is 10.3 Å². The minimum atomic E-state index is -0.0823. The van der Waals surface area contributed by atoms with Gasteiger partial charge in [0.25, 0.3) is 5.91 Å². The number of hydrogen-bond acceptors (Lipinski definition) is 4. The summed E-state index contributed by atoms with van der Waals surface area (Å²) in [6, 6.07) is 8.94. The van der Waals surface area contributed by atoms with E-state index in [1.165, 1.54) is 11.3 Å². The number of carbonyl (C=O) groups excluding carboxylic acids is 1. The number of thiophene rings is 1. The lowest BCUT2D eigenvalue weighted by Crippen LogP contribution is -2.21. The van der Waals surface area contributed by atoms with E-state index >= 15 is 0 Å². The Balaban J connectivity index is 1.95. The highest BCUT2D eigenvalue weighted by atomic mass is 35.5. The molecule has 0 atom stereocenters. The number of rotatable bonds is 4. The minimum Gasteiger partial charge on any atom is -0.455 e. The van der Waals surface area contributed by atoms with Crippen LogP contribution in [0.2, 0.25) is 5.02 Å². The molecule has 0 aliphatic rings. The van der Waals surface area contributed by atoms with Gasteiger partial charge in [0.15, 0.2) is 5.75 Å². The Morgan fingerprint density at radius 3 is 2.82 bits per heavy atom. The van der Waals surface area contributed by atoms with Crippen molar-refractivity contribution in [2.45, 2.75) is 6.92 Å². The van der Waals surface area contributed by atoms with Crippen LogP contribution in [-0.4, -0.2) is 17.4 Å². The summed E-state index contributed by atoms with van der Waals surface area (Å²) in [7, 11) is 0. The van der Waals surface area contributed by atoms with Gasteiger partial charge in [-0.05, 0) is 37.3 Å². The van der Waals surface area contributed by atoms with Crippen LogP contribution >= 0.6 is 22.9 Å². The predicted octanol–water partition coefficient (Wildman–Crippen LogP) is 4.49. The van der Waals surface area contributed by atoms with Crippen molar-refractivity contribution in [3.63, 3.8) is 0 Å². The van der Waals surface area contributed by atoms with E-state index in [-0.39, 0.29) is 5.91 Å².